The Balaban J connectivity index is 1.80. The van der Waals surface area contributed by atoms with Crippen LogP contribution in [-0.4, -0.2) is 46.9 Å². The molecule has 2 aromatic rings. The first kappa shape index (κ1) is 22.6. The van der Waals surface area contributed by atoms with E-state index in [-0.39, 0.29) is 26.8 Å². The summed E-state index contributed by atoms with van der Waals surface area (Å²) in [6.07, 6.45) is 2.62. The lowest BCUT2D eigenvalue weighted by Crippen LogP contribution is -2.44. The molecule has 0 radical (unpaired) electrons. The van der Waals surface area contributed by atoms with Gasteiger partial charge in [-0.25, -0.2) is 8.42 Å². The van der Waals surface area contributed by atoms with Gasteiger partial charge in [0.25, 0.3) is 5.91 Å². The average molecular weight is 452 g/mol. The van der Waals surface area contributed by atoms with Crippen LogP contribution >= 0.6 is 11.6 Å². The van der Waals surface area contributed by atoms with Crippen molar-refractivity contribution in [2.45, 2.75) is 30.1 Å². The smallest absolute Gasteiger partial charge is 0.251 e. The number of carbonyl (C=O) groups is 1. The van der Waals surface area contributed by atoms with E-state index >= 15 is 0 Å². The third kappa shape index (κ3) is 5.14. The van der Waals surface area contributed by atoms with Gasteiger partial charge in [-0.1, -0.05) is 23.7 Å². The van der Waals surface area contributed by atoms with E-state index in [1.807, 2.05) is 31.2 Å². The Kier molecular flexibility index (Phi) is 7.06. The molecule has 2 aromatic carbocycles. The number of rotatable bonds is 7. The van der Waals surface area contributed by atoms with E-state index in [0.717, 1.165) is 30.4 Å². The number of amides is 1. The molecule has 1 N–H and O–H groups in total. The van der Waals surface area contributed by atoms with Crippen molar-refractivity contribution in [1.29, 1.82) is 0 Å². The highest BCUT2D eigenvalue weighted by Crippen LogP contribution is 2.35. The summed E-state index contributed by atoms with van der Waals surface area (Å²) in [7, 11) is -3.53. The van der Waals surface area contributed by atoms with Crippen LogP contribution in [-0.2, 0) is 20.0 Å². The Hall–Kier alpha value is -2.09. The molecule has 6 nitrogen and oxygen atoms in total. The van der Waals surface area contributed by atoms with Crippen LogP contribution in [0.15, 0.2) is 47.4 Å². The third-order valence-corrected chi connectivity index (χ3v) is 6.99. The van der Waals surface area contributed by atoms with E-state index in [1.165, 1.54) is 18.2 Å². The standard InChI is InChI=1S/C22H26ClNO5S/c1-3-29-18-7-5-17(6-8-18)22(10-12-28-13-11-22)15-24-21(25)16-4-9-19(23)20(14-16)30(2,26)27/h4-9,14H,3,10-13,15H2,1-2H3,(H,24,25). The Bertz CT molecular complexity index is 999. The normalized spacial score (nSPS) is 16.1. The maximum absolute atomic E-state index is 12.8. The SMILES string of the molecule is CCOc1ccc(C2(CNC(=O)c3ccc(Cl)c(S(C)(=O)=O)c3)CCOCC2)cc1. The number of hydrogen-bond donors (Lipinski definition) is 1. The predicted octanol–water partition coefficient (Wildman–Crippen LogP) is 3.62. The van der Waals surface area contributed by atoms with Crippen LogP contribution in [0, 0.1) is 0 Å². The van der Waals surface area contributed by atoms with Crippen molar-refractivity contribution in [3.05, 3.63) is 58.6 Å². The van der Waals surface area contributed by atoms with Gasteiger partial charge < -0.3 is 14.8 Å². The topological polar surface area (TPSA) is 81.7 Å². The van der Waals surface area contributed by atoms with Gasteiger partial charge in [0.1, 0.15) is 5.75 Å². The lowest BCUT2D eigenvalue weighted by atomic mass is 9.74. The molecule has 0 spiro atoms. The number of ether oxygens (including phenoxy) is 2. The number of sulfone groups is 1. The first-order chi connectivity index (χ1) is 14.2. The third-order valence-electron chi connectivity index (χ3n) is 5.41. The minimum atomic E-state index is -3.53. The van der Waals surface area contributed by atoms with E-state index in [0.29, 0.717) is 26.4 Å². The molecule has 0 saturated carbocycles. The molecule has 30 heavy (non-hydrogen) atoms. The summed E-state index contributed by atoms with van der Waals surface area (Å²) in [5, 5.41) is 3.08. The summed E-state index contributed by atoms with van der Waals surface area (Å²) in [5.74, 6) is 0.468. The van der Waals surface area contributed by atoms with Gasteiger partial charge in [-0.15, -0.1) is 0 Å². The van der Waals surface area contributed by atoms with Gasteiger partial charge in [0.15, 0.2) is 9.84 Å². The van der Waals surface area contributed by atoms with Crippen LogP contribution in [0.3, 0.4) is 0 Å². The van der Waals surface area contributed by atoms with E-state index in [2.05, 4.69) is 5.32 Å². The van der Waals surface area contributed by atoms with Crippen LogP contribution < -0.4 is 10.1 Å². The molecule has 1 aliphatic rings. The summed E-state index contributed by atoms with van der Waals surface area (Å²) in [6, 6.07) is 12.2. The minimum Gasteiger partial charge on any atom is -0.494 e. The summed E-state index contributed by atoms with van der Waals surface area (Å²) in [5.41, 5.74) is 1.11. The molecule has 162 valence electrons. The van der Waals surface area contributed by atoms with Gasteiger partial charge in [0.05, 0.1) is 16.5 Å². The molecule has 0 bridgehead atoms. The number of nitrogens with one attached hydrogen (secondary N) is 1. The van der Waals surface area contributed by atoms with Crippen molar-refractivity contribution in [3.63, 3.8) is 0 Å². The van der Waals surface area contributed by atoms with Gasteiger partial charge >= 0.3 is 0 Å². The zero-order valence-corrected chi connectivity index (χ0v) is 18.7. The van der Waals surface area contributed by atoms with Gasteiger partial charge in [-0.05, 0) is 55.7 Å². The van der Waals surface area contributed by atoms with Crippen molar-refractivity contribution >= 4 is 27.3 Å². The molecule has 3 rings (SSSR count). The highest BCUT2D eigenvalue weighted by atomic mass is 35.5. The second kappa shape index (κ2) is 9.37. The molecule has 1 fully saturated rings. The fourth-order valence-electron chi connectivity index (χ4n) is 3.68. The monoisotopic (exact) mass is 451 g/mol. The summed E-state index contributed by atoms with van der Waals surface area (Å²) in [6.45, 7) is 4.19. The maximum Gasteiger partial charge on any atom is 0.251 e. The zero-order valence-electron chi connectivity index (χ0n) is 17.1. The summed E-state index contributed by atoms with van der Waals surface area (Å²) >= 11 is 5.99. The van der Waals surface area contributed by atoms with Crippen molar-refractivity contribution in [1.82, 2.24) is 5.32 Å². The van der Waals surface area contributed by atoms with Crippen molar-refractivity contribution < 1.29 is 22.7 Å². The van der Waals surface area contributed by atoms with Crippen molar-refractivity contribution in [2.24, 2.45) is 0 Å². The first-order valence-corrected chi connectivity index (χ1v) is 12.1. The lowest BCUT2D eigenvalue weighted by Gasteiger charge is -2.38. The van der Waals surface area contributed by atoms with E-state index in [4.69, 9.17) is 21.1 Å². The van der Waals surface area contributed by atoms with Gasteiger partial charge in [-0.2, -0.15) is 0 Å². The fourth-order valence-corrected chi connectivity index (χ4v) is 4.98. The van der Waals surface area contributed by atoms with Crippen LogP contribution in [0.1, 0.15) is 35.7 Å². The largest absolute Gasteiger partial charge is 0.494 e. The molecule has 1 heterocycles. The Morgan fingerprint density at radius 3 is 2.43 bits per heavy atom. The maximum atomic E-state index is 12.8. The second-order valence-electron chi connectivity index (χ2n) is 7.45. The average Bonchev–Trinajstić information content (AvgIpc) is 2.73. The summed E-state index contributed by atoms with van der Waals surface area (Å²) < 4.78 is 34.9. The first-order valence-electron chi connectivity index (χ1n) is 9.84. The van der Waals surface area contributed by atoms with Crippen LogP contribution in [0.5, 0.6) is 5.75 Å². The molecule has 0 aromatic heterocycles. The summed E-state index contributed by atoms with van der Waals surface area (Å²) in [4.78, 5) is 12.7. The van der Waals surface area contributed by atoms with Crippen molar-refractivity contribution in [3.8, 4) is 5.75 Å². The molecule has 1 amide bonds. The van der Waals surface area contributed by atoms with Crippen LogP contribution in [0.25, 0.3) is 0 Å². The minimum absolute atomic E-state index is 0.0518. The number of halogens is 1. The van der Waals surface area contributed by atoms with Crippen LogP contribution in [0.2, 0.25) is 5.02 Å². The molecule has 0 unspecified atom stereocenters. The molecule has 0 atom stereocenters. The van der Waals surface area contributed by atoms with E-state index in [9.17, 15) is 13.2 Å². The molecule has 1 aliphatic heterocycles. The van der Waals surface area contributed by atoms with Gasteiger partial charge in [-0.3, -0.25) is 4.79 Å². The number of hydrogen-bond acceptors (Lipinski definition) is 5. The molecular formula is C22H26ClNO5S. The van der Waals surface area contributed by atoms with Gasteiger partial charge in [0.2, 0.25) is 0 Å². The lowest BCUT2D eigenvalue weighted by molar-refractivity contribution is 0.0487. The van der Waals surface area contributed by atoms with E-state index in [1.54, 1.807) is 0 Å². The van der Waals surface area contributed by atoms with E-state index < -0.39 is 9.84 Å². The van der Waals surface area contributed by atoms with Crippen LogP contribution in [0.4, 0.5) is 0 Å². The Labute approximate surface area is 182 Å². The second-order valence-corrected chi connectivity index (χ2v) is 9.84. The fraction of sp³-hybridized carbons (Fsp3) is 0.409. The molecule has 1 saturated heterocycles. The quantitative estimate of drug-likeness (QED) is 0.695. The molecule has 0 aliphatic carbocycles. The number of carbonyl (C=O) groups excluding carboxylic acids is 1. The predicted molar refractivity (Wildman–Crippen MR) is 116 cm³/mol. The Morgan fingerprint density at radius 1 is 1.17 bits per heavy atom. The molecular weight excluding hydrogens is 426 g/mol. The molecule has 8 heteroatoms. The highest BCUT2D eigenvalue weighted by molar-refractivity contribution is 7.90. The van der Waals surface area contributed by atoms with Gasteiger partial charge in [0, 0.05) is 37.0 Å². The Morgan fingerprint density at radius 2 is 1.83 bits per heavy atom. The van der Waals surface area contributed by atoms with Crippen molar-refractivity contribution in [2.75, 3.05) is 32.6 Å². The number of benzene rings is 2. The highest BCUT2D eigenvalue weighted by Gasteiger charge is 2.35. The zero-order chi connectivity index (χ0) is 21.8.